The number of fused-ring (bicyclic) bond motifs is 2. The maximum absolute atomic E-state index is 3.78. The van der Waals surface area contributed by atoms with Gasteiger partial charge in [-0.2, -0.15) is 0 Å². The van der Waals surface area contributed by atoms with Gasteiger partial charge in [0.1, 0.15) is 0 Å². The lowest BCUT2D eigenvalue weighted by Crippen LogP contribution is -1.84. The maximum atomic E-state index is 3.78. The zero-order valence-electron chi connectivity index (χ0n) is 13.5. The van der Waals surface area contributed by atoms with Crippen LogP contribution in [-0.2, 0) is 0 Å². The molecule has 5 rings (SSSR count). The summed E-state index contributed by atoms with van der Waals surface area (Å²) in [5.41, 5.74) is 5.03. The molecular weight excluding hydrogens is 488 g/mol. The van der Waals surface area contributed by atoms with Crippen molar-refractivity contribution in [3.63, 3.8) is 0 Å². The van der Waals surface area contributed by atoms with Gasteiger partial charge in [-0.1, -0.05) is 68.3 Å². The quantitative estimate of drug-likeness (QED) is 0.227. The molecule has 0 fully saturated rings. The number of hydrogen-bond donors (Lipinski definition) is 0. The van der Waals surface area contributed by atoms with Crippen LogP contribution in [0.2, 0.25) is 0 Å². The van der Waals surface area contributed by atoms with Crippen LogP contribution >= 0.6 is 54.5 Å². The van der Waals surface area contributed by atoms with Crippen molar-refractivity contribution >= 4 is 74.7 Å². The van der Waals surface area contributed by atoms with E-state index >= 15 is 0 Å². The molecule has 0 amide bonds. The summed E-state index contributed by atoms with van der Waals surface area (Å²) in [7, 11) is 0. The van der Waals surface area contributed by atoms with Crippen molar-refractivity contribution in [1.82, 2.24) is 0 Å². The summed E-state index contributed by atoms with van der Waals surface area (Å²) in [6.07, 6.45) is 0. The van der Waals surface area contributed by atoms with Gasteiger partial charge in [0.15, 0.2) is 0 Å². The van der Waals surface area contributed by atoms with Gasteiger partial charge in [0.05, 0.1) is 0 Å². The third-order valence-corrected chi connectivity index (χ3v) is 7.84. The predicted octanol–water partition coefficient (Wildman–Crippen LogP) is 8.97. The summed E-state index contributed by atoms with van der Waals surface area (Å²) in [4.78, 5) is 0. The van der Waals surface area contributed by atoms with Crippen molar-refractivity contribution in [2.45, 2.75) is 0 Å². The molecule has 4 heteroatoms. The van der Waals surface area contributed by atoms with Gasteiger partial charge in [-0.05, 0) is 46.2 Å². The van der Waals surface area contributed by atoms with E-state index in [9.17, 15) is 0 Å². The van der Waals surface area contributed by atoms with E-state index in [1.165, 1.54) is 42.4 Å². The van der Waals surface area contributed by atoms with Gasteiger partial charge in [-0.15, -0.1) is 22.7 Å². The van der Waals surface area contributed by atoms with Crippen molar-refractivity contribution in [3.05, 3.63) is 80.4 Å². The fourth-order valence-corrected chi connectivity index (χ4v) is 6.68. The summed E-state index contributed by atoms with van der Waals surface area (Å²) < 4.78 is 4.85. The minimum Gasteiger partial charge on any atom is -0.143 e. The normalized spacial score (nSPS) is 11.5. The number of halogens is 2. The molecule has 0 unspecified atom stereocenters. The monoisotopic (exact) mass is 498 g/mol. The Morgan fingerprint density at radius 1 is 0.538 bits per heavy atom. The molecule has 0 aliphatic carbocycles. The smallest absolute Gasteiger partial charge is 0.0349 e. The Morgan fingerprint density at radius 2 is 1.00 bits per heavy atom. The van der Waals surface area contributed by atoms with Crippen LogP contribution in [0.3, 0.4) is 0 Å². The van der Waals surface area contributed by atoms with Gasteiger partial charge < -0.3 is 0 Å². The number of hydrogen-bond acceptors (Lipinski definition) is 2. The molecule has 0 atom stereocenters. The highest BCUT2D eigenvalue weighted by atomic mass is 79.9. The zero-order chi connectivity index (χ0) is 17.7. The topological polar surface area (TPSA) is 0 Å². The minimum absolute atomic E-state index is 1.11. The van der Waals surface area contributed by atoms with E-state index in [2.05, 4.69) is 103 Å². The predicted molar refractivity (Wildman–Crippen MR) is 123 cm³/mol. The summed E-state index contributed by atoms with van der Waals surface area (Å²) in [6.45, 7) is 0. The van der Waals surface area contributed by atoms with Crippen LogP contribution in [-0.4, -0.2) is 0 Å². The highest BCUT2D eigenvalue weighted by molar-refractivity contribution is 9.11. The standard InChI is InChI=1S/C22H12Br2S2/c23-19-10-20(24)16(18-12-26-22-8-4-2-6-14(18)22)9-15(19)17-11-25-21-7-3-1-5-13(17)21/h1-12H. The first kappa shape index (κ1) is 16.7. The molecule has 5 aromatic rings. The first-order valence-corrected chi connectivity index (χ1v) is 11.5. The van der Waals surface area contributed by atoms with E-state index in [1.54, 1.807) is 22.7 Å². The van der Waals surface area contributed by atoms with Crippen LogP contribution in [0.5, 0.6) is 0 Å². The number of thiophene rings is 2. The average Bonchev–Trinajstić information content (AvgIpc) is 3.26. The van der Waals surface area contributed by atoms with Gasteiger partial charge in [-0.25, -0.2) is 0 Å². The molecule has 3 aromatic carbocycles. The number of benzene rings is 3. The van der Waals surface area contributed by atoms with Crippen LogP contribution in [0.1, 0.15) is 0 Å². The van der Waals surface area contributed by atoms with E-state index in [-0.39, 0.29) is 0 Å². The highest BCUT2D eigenvalue weighted by Gasteiger charge is 2.15. The third-order valence-electron chi connectivity index (χ3n) is 4.60. The van der Waals surface area contributed by atoms with Crippen molar-refractivity contribution in [2.75, 3.05) is 0 Å². The molecular formula is C22H12Br2S2. The lowest BCUT2D eigenvalue weighted by Gasteiger charge is -2.10. The molecule has 2 heterocycles. The van der Waals surface area contributed by atoms with Crippen LogP contribution in [0.4, 0.5) is 0 Å². The summed E-state index contributed by atoms with van der Waals surface area (Å²) >= 11 is 11.2. The van der Waals surface area contributed by atoms with Gasteiger partial charge in [0, 0.05) is 40.2 Å². The Bertz CT molecular complexity index is 1170. The highest BCUT2D eigenvalue weighted by Crippen LogP contribution is 2.44. The van der Waals surface area contributed by atoms with Gasteiger partial charge in [0.2, 0.25) is 0 Å². The van der Waals surface area contributed by atoms with Crippen LogP contribution in [0, 0.1) is 0 Å². The fraction of sp³-hybridized carbons (Fsp3) is 0. The van der Waals surface area contributed by atoms with Gasteiger partial charge in [-0.3, -0.25) is 0 Å². The molecule has 0 nitrogen and oxygen atoms in total. The Hall–Kier alpha value is -1.46. The van der Waals surface area contributed by atoms with Crippen molar-refractivity contribution < 1.29 is 0 Å². The molecule has 0 spiro atoms. The fourth-order valence-electron chi connectivity index (χ4n) is 3.33. The zero-order valence-corrected chi connectivity index (χ0v) is 18.3. The average molecular weight is 500 g/mol. The van der Waals surface area contributed by atoms with E-state index in [1.807, 2.05) is 0 Å². The van der Waals surface area contributed by atoms with Crippen molar-refractivity contribution in [3.8, 4) is 22.3 Å². The Morgan fingerprint density at radius 3 is 1.50 bits per heavy atom. The molecule has 0 aliphatic rings. The summed E-state index contributed by atoms with van der Waals surface area (Å²) in [5.74, 6) is 0. The summed E-state index contributed by atoms with van der Waals surface area (Å²) in [5, 5.41) is 7.13. The minimum atomic E-state index is 1.11. The van der Waals surface area contributed by atoms with E-state index in [0.29, 0.717) is 0 Å². The second-order valence-electron chi connectivity index (χ2n) is 6.10. The van der Waals surface area contributed by atoms with Gasteiger partial charge in [0.25, 0.3) is 0 Å². The second kappa shape index (κ2) is 6.61. The SMILES string of the molecule is Brc1cc(Br)c(-c2csc3ccccc23)cc1-c1csc2ccccc12. The number of rotatable bonds is 2. The lowest BCUT2D eigenvalue weighted by atomic mass is 9.98. The molecule has 2 aromatic heterocycles. The van der Waals surface area contributed by atoms with E-state index in [0.717, 1.165) is 8.95 Å². The molecule has 26 heavy (non-hydrogen) atoms. The largest absolute Gasteiger partial charge is 0.143 e. The van der Waals surface area contributed by atoms with Gasteiger partial charge >= 0.3 is 0 Å². The van der Waals surface area contributed by atoms with Crippen LogP contribution < -0.4 is 0 Å². The van der Waals surface area contributed by atoms with E-state index < -0.39 is 0 Å². The van der Waals surface area contributed by atoms with Crippen molar-refractivity contribution in [2.24, 2.45) is 0 Å². The van der Waals surface area contributed by atoms with Crippen LogP contribution in [0.15, 0.2) is 80.4 Å². The lowest BCUT2D eigenvalue weighted by molar-refractivity contribution is 1.58. The van der Waals surface area contributed by atoms with E-state index in [4.69, 9.17) is 0 Å². The van der Waals surface area contributed by atoms with Crippen molar-refractivity contribution in [1.29, 1.82) is 0 Å². The first-order chi connectivity index (χ1) is 12.7. The molecule has 0 N–H and O–H groups in total. The molecule has 0 saturated heterocycles. The molecule has 126 valence electrons. The molecule has 0 aliphatic heterocycles. The second-order valence-corrected chi connectivity index (χ2v) is 9.63. The Labute approximate surface area is 176 Å². The summed E-state index contributed by atoms with van der Waals surface area (Å²) in [6, 6.07) is 21.7. The Kier molecular flexibility index (Phi) is 4.24. The molecule has 0 bridgehead atoms. The first-order valence-electron chi connectivity index (χ1n) is 8.14. The molecule has 0 saturated carbocycles. The molecule has 0 radical (unpaired) electrons. The third kappa shape index (κ3) is 2.67. The Balaban J connectivity index is 1.77. The van der Waals surface area contributed by atoms with Crippen LogP contribution in [0.25, 0.3) is 42.4 Å². The maximum Gasteiger partial charge on any atom is 0.0349 e.